The van der Waals surface area contributed by atoms with Gasteiger partial charge in [0.25, 0.3) is 0 Å². The van der Waals surface area contributed by atoms with Gasteiger partial charge in [-0.3, -0.25) is 0 Å². The van der Waals surface area contributed by atoms with Crippen LogP contribution in [-0.2, 0) is 0 Å². The summed E-state index contributed by atoms with van der Waals surface area (Å²) in [5.74, 6) is 2.20. The van der Waals surface area contributed by atoms with E-state index in [0.717, 1.165) is 12.4 Å². The van der Waals surface area contributed by atoms with Gasteiger partial charge in [0.15, 0.2) is 0 Å². The lowest BCUT2D eigenvalue weighted by molar-refractivity contribution is 0.256. The van der Waals surface area contributed by atoms with Crippen molar-refractivity contribution in [3.8, 4) is 5.75 Å². The van der Waals surface area contributed by atoms with Crippen molar-refractivity contribution in [2.24, 2.45) is 5.92 Å². The Morgan fingerprint density at radius 3 is 2.53 bits per heavy atom. The van der Waals surface area contributed by atoms with E-state index in [0.29, 0.717) is 11.8 Å². The first-order chi connectivity index (χ1) is 7.13. The van der Waals surface area contributed by atoms with E-state index >= 15 is 0 Å². The van der Waals surface area contributed by atoms with Crippen LogP contribution in [0.4, 0.5) is 0 Å². The highest BCUT2D eigenvalue weighted by atomic mass is 16.5. The van der Waals surface area contributed by atoms with E-state index in [1.54, 1.807) is 0 Å². The maximum Gasteiger partial charge on any atom is 0.119 e. The van der Waals surface area contributed by atoms with Crippen LogP contribution >= 0.6 is 0 Å². The smallest absolute Gasteiger partial charge is 0.119 e. The summed E-state index contributed by atoms with van der Waals surface area (Å²) in [4.78, 5) is 0. The first-order valence-corrected chi connectivity index (χ1v) is 5.86. The fourth-order valence-corrected chi connectivity index (χ4v) is 1.32. The molecule has 1 heteroatoms. The number of hydrogen-bond donors (Lipinski definition) is 0. The Morgan fingerprint density at radius 1 is 1.20 bits per heavy atom. The average Bonchev–Trinajstić information content (AvgIpc) is 2.26. The van der Waals surface area contributed by atoms with E-state index in [2.05, 4.69) is 45.9 Å². The minimum Gasteiger partial charge on any atom is -0.493 e. The fraction of sp³-hybridized carbons (Fsp3) is 0.571. The molecule has 1 aromatic rings. The number of ether oxygens (including phenoxy) is 1. The van der Waals surface area contributed by atoms with E-state index in [9.17, 15) is 0 Å². The van der Waals surface area contributed by atoms with Crippen molar-refractivity contribution in [3.63, 3.8) is 0 Å². The molecule has 0 heterocycles. The Morgan fingerprint density at radius 2 is 1.93 bits per heavy atom. The Labute approximate surface area is 93.5 Å². The molecule has 0 aromatic heterocycles. The predicted molar refractivity (Wildman–Crippen MR) is 65.5 cm³/mol. The summed E-state index contributed by atoms with van der Waals surface area (Å²) in [7, 11) is 0. The highest BCUT2D eigenvalue weighted by Gasteiger charge is 2.03. The molecule has 1 atom stereocenters. The molecule has 1 nitrogen and oxygen atoms in total. The zero-order chi connectivity index (χ0) is 11.3. The molecule has 1 rings (SSSR count). The molecule has 0 spiro atoms. The van der Waals surface area contributed by atoms with Crippen molar-refractivity contribution in [1.82, 2.24) is 0 Å². The second-order valence-corrected chi connectivity index (χ2v) is 4.55. The Bertz CT molecular complexity index is 291. The average molecular weight is 206 g/mol. The van der Waals surface area contributed by atoms with Crippen LogP contribution in [0.5, 0.6) is 5.75 Å². The number of benzene rings is 1. The van der Waals surface area contributed by atoms with Gasteiger partial charge < -0.3 is 4.74 Å². The second-order valence-electron chi connectivity index (χ2n) is 4.55. The lowest BCUT2D eigenvalue weighted by atomic mass is 10.0. The zero-order valence-corrected chi connectivity index (χ0v) is 10.3. The molecule has 0 aliphatic carbocycles. The van der Waals surface area contributed by atoms with Crippen LogP contribution in [0.25, 0.3) is 0 Å². The van der Waals surface area contributed by atoms with Crippen LogP contribution in [-0.4, -0.2) is 6.61 Å². The minimum atomic E-state index is 0.567. The van der Waals surface area contributed by atoms with Crippen LogP contribution in [0, 0.1) is 5.92 Å². The zero-order valence-electron chi connectivity index (χ0n) is 10.3. The first-order valence-electron chi connectivity index (χ1n) is 5.86. The lowest BCUT2D eigenvalue weighted by Crippen LogP contribution is -2.07. The van der Waals surface area contributed by atoms with Crippen molar-refractivity contribution in [3.05, 3.63) is 29.8 Å². The molecule has 1 aromatic carbocycles. The third-order valence-electron chi connectivity index (χ3n) is 2.76. The highest BCUT2D eigenvalue weighted by Crippen LogP contribution is 2.20. The normalized spacial score (nSPS) is 12.9. The molecule has 0 saturated carbocycles. The third-order valence-corrected chi connectivity index (χ3v) is 2.76. The maximum absolute atomic E-state index is 5.75. The Hall–Kier alpha value is -0.980. The van der Waals surface area contributed by atoms with Gasteiger partial charge in [0.05, 0.1) is 6.61 Å². The second kappa shape index (κ2) is 5.79. The van der Waals surface area contributed by atoms with Gasteiger partial charge in [-0.1, -0.05) is 46.2 Å². The van der Waals surface area contributed by atoms with Gasteiger partial charge in [-0.25, -0.2) is 0 Å². The Balaban J connectivity index is 2.58. The molecule has 0 N–H and O–H groups in total. The van der Waals surface area contributed by atoms with Gasteiger partial charge >= 0.3 is 0 Å². The maximum atomic E-state index is 5.75. The monoisotopic (exact) mass is 206 g/mol. The van der Waals surface area contributed by atoms with E-state index in [-0.39, 0.29) is 0 Å². The predicted octanol–water partition coefficient (Wildman–Crippen LogP) is 4.23. The van der Waals surface area contributed by atoms with Gasteiger partial charge in [-0.15, -0.1) is 0 Å². The highest BCUT2D eigenvalue weighted by molar-refractivity contribution is 5.30. The summed E-state index contributed by atoms with van der Waals surface area (Å²) < 4.78 is 5.75. The largest absolute Gasteiger partial charge is 0.493 e. The molecule has 0 amide bonds. The number of hydrogen-bond acceptors (Lipinski definition) is 1. The van der Waals surface area contributed by atoms with Crippen molar-refractivity contribution < 1.29 is 4.74 Å². The van der Waals surface area contributed by atoms with Crippen molar-refractivity contribution >= 4 is 0 Å². The molecular weight excluding hydrogens is 184 g/mol. The van der Waals surface area contributed by atoms with Crippen molar-refractivity contribution in [2.45, 2.75) is 40.0 Å². The van der Waals surface area contributed by atoms with Gasteiger partial charge in [-0.2, -0.15) is 0 Å². The molecule has 0 radical (unpaired) electrons. The topological polar surface area (TPSA) is 9.23 Å². The summed E-state index contributed by atoms with van der Waals surface area (Å²) in [6.07, 6.45) is 1.17. The summed E-state index contributed by atoms with van der Waals surface area (Å²) in [5, 5.41) is 0. The van der Waals surface area contributed by atoms with Crippen LogP contribution in [0.3, 0.4) is 0 Å². The summed E-state index contributed by atoms with van der Waals surface area (Å²) in [6.45, 7) is 9.63. The van der Waals surface area contributed by atoms with Crippen molar-refractivity contribution in [2.75, 3.05) is 6.61 Å². The Kier molecular flexibility index (Phi) is 4.67. The SMILES string of the molecule is CCC(C)COc1cccc(C(C)C)c1. The standard InChI is InChI=1S/C14H22O/c1-5-12(4)10-15-14-8-6-7-13(9-14)11(2)3/h6-9,11-12H,5,10H2,1-4H3. The van der Waals surface area contributed by atoms with Crippen LogP contribution in [0.1, 0.15) is 45.6 Å². The summed E-state index contributed by atoms with van der Waals surface area (Å²) >= 11 is 0. The summed E-state index contributed by atoms with van der Waals surface area (Å²) in [5.41, 5.74) is 1.34. The first kappa shape index (κ1) is 12.1. The third kappa shape index (κ3) is 3.94. The quantitative estimate of drug-likeness (QED) is 0.700. The molecule has 1 unspecified atom stereocenters. The molecule has 0 aliphatic heterocycles. The minimum absolute atomic E-state index is 0.567. The van der Waals surface area contributed by atoms with Crippen LogP contribution in [0.2, 0.25) is 0 Å². The van der Waals surface area contributed by atoms with Gasteiger partial charge in [0.2, 0.25) is 0 Å². The van der Waals surface area contributed by atoms with Gasteiger partial charge in [0.1, 0.15) is 5.75 Å². The molecular formula is C14H22O. The van der Waals surface area contributed by atoms with Gasteiger partial charge in [-0.05, 0) is 29.5 Å². The lowest BCUT2D eigenvalue weighted by Gasteiger charge is -2.12. The van der Waals surface area contributed by atoms with E-state index in [1.807, 2.05) is 6.07 Å². The summed E-state index contributed by atoms with van der Waals surface area (Å²) in [6, 6.07) is 8.41. The molecule has 15 heavy (non-hydrogen) atoms. The molecule has 0 bridgehead atoms. The molecule has 0 fully saturated rings. The van der Waals surface area contributed by atoms with Crippen LogP contribution in [0.15, 0.2) is 24.3 Å². The van der Waals surface area contributed by atoms with Crippen molar-refractivity contribution in [1.29, 1.82) is 0 Å². The van der Waals surface area contributed by atoms with E-state index in [1.165, 1.54) is 12.0 Å². The van der Waals surface area contributed by atoms with Gasteiger partial charge in [0, 0.05) is 0 Å². The molecule has 0 aliphatic rings. The van der Waals surface area contributed by atoms with Crippen LogP contribution < -0.4 is 4.74 Å². The fourth-order valence-electron chi connectivity index (χ4n) is 1.32. The van der Waals surface area contributed by atoms with E-state index < -0.39 is 0 Å². The van der Waals surface area contributed by atoms with E-state index in [4.69, 9.17) is 4.74 Å². The molecule has 0 saturated heterocycles. The molecule has 84 valence electrons. The number of rotatable bonds is 5.